The molecule has 0 aliphatic carbocycles. The number of imidazole rings is 1. The molecular formula is C17H12N4O2. The van der Waals surface area contributed by atoms with E-state index in [0.717, 1.165) is 16.4 Å². The molecule has 0 fully saturated rings. The van der Waals surface area contributed by atoms with E-state index in [1.165, 1.54) is 0 Å². The Morgan fingerprint density at radius 2 is 2.04 bits per heavy atom. The van der Waals surface area contributed by atoms with Crippen molar-refractivity contribution in [3.8, 4) is 5.75 Å². The molecule has 0 radical (unpaired) electrons. The van der Waals surface area contributed by atoms with Gasteiger partial charge in [-0.25, -0.2) is 9.97 Å². The molecule has 3 N–H and O–H groups in total. The summed E-state index contributed by atoms with van der Waals surface area (Å²) in [6, 6.07) is 13.9. The molecule has 6 heteroatoms. The molecule has 0 aliphatic rings. The van der Waals surface area contributed by atoms with Crippen LogP contribution in [0.3, 0.4) is 0 Å². The first-order valence-electron chi connectivity index (χ1n) is 7.04. The van der Waals surface area contributed by atoms with E-state index in [9.17, 15) is 9.90 Å². The van der Waals surface area contributed by atoms with Gasteiger partial charge in [-0.1, -0.05) is 12.1 Å². The van der Waals surface area contributed by atoms with Crippen molar-refractivity contribution in [3.05, 3.63) is 60.4 Å². The molecule has 2 heterocycles. The average Bonchev–Trinajstić information content (AvgIpc) is 3.03. The van der Waals surface area contributed by atoms with Crippen LogP contribution in [0.2, 0.25) is 0 Å². The lowest BCUT2D eigenvalue weighted by atomic mass is 10.2. The molecule has 0 aliphatic heterocycles. The second-order valence-corrected chi connectivity index (χ2v) is 5.13. The third-order valence-corrected chi connectivity index (χ3v) is 3.62. The van der Waals surface area contributed by atoms with E-state index in [4.69, 9.17) is 0 Å². The maximum atomic E-state index is 12.4. The van der Waals surface area contributed by atoms with Crippen LogP contribution in [0.15, 0.2) is 54.9 Å². The van der Waals surface area contributed by atoms with Gasteiger partial charge in [-0.2, -0.15) is 0 Å². The van der Waals surface area contributed by atoms with E-state index in [2.05, 4.69) is 20.3 Å². The summed E-state index contributed by atoms with van der Waals surface area (Å²) >= 11 is 0. The summed E-state index contributed by atoms with van der Waals surface area (Å²) in [5.41, 5.74) is 2.55. The Balaban J connectivity index is 1.66. The van der Waals surface area contributed by atoms with Crippen molar-refractivity contribution in [3.63, 3.8) is 0 Å². The highest BCUT2D eigenvalue weighted by atomic mass is 16.3. The minimum Gasteiger partial charge on any atom is -0.506 e. The number of para-hydroxylation sites is 1. The number of carbonyl (C=O) groups is 1. The summed E-state index contributed by atoms with van der Waals surface area (Å²) < 4.78 is 0. The van der Waals surface area contributed by atoms with E-state index in [-0.39, 0.29) is 11.7 Å². The standard InChI is InChI=1S/C17H12N4O2/c22-14-3-1-2-10-5-7-15(20-16(10)14)21-17(23)11-4-6-12-13(8-11)19-9-18-12/h1-9,22H,(H,18,19)(H,20,21,23). The number of hydrogen-bond donors (Lipinski definition) is 3. The van der Waals surface area contributed by atoms with Crippen molar-refractivity contribution in [2.75, 3.05) is 5.32 Å². The number of amides is 1. The number of nitrogens with one attached hydrogen (secondary N) is 2. The maximum absolute atomic E-state index is 12.4. The number of aromatic amines is 1. The zero-order valence-corrected chi connectivity index (χ0v) is 11.9. The van der Waals surface area contributed by atoms with Gasteiger partial charge in [0.1, 0.15) is 17.1 Å². The van der Waals surface area contributed by atoms with E-state index in [1.807, 2.05) is 6.07 Å². The molecule has 112 valence electrons. The number of benzene rings is 2. The van der Waals surface area contributed by atoms with Crippen LogP contribution < -0.4 is 5.32 Å². The van der Waals surface area contributed by atoms with Gasteiger partial charge < -0.3 is 15.4 Å². The van der Waals surface area contributed by atoms with Crippen LogP contribution in [0.25, 0.3) is 21.9 Å². The lowest BCUT2D eigenvalue weighted by molar-refractivity contribution is 0.102. The minimum absolute atomic E-state index is 0.0810. The number of phenols is 1. The molecule has 0 saturated heterocycles. The van der Waals surface area contributed by atoms with Crippen LogP contribution in [-0.2, 0) is 0 Å². The quantitative estimate of drug-likeness (QED) is 0.531. The van der Waals surface area contributed by atoms with Crippen LogP contribution in [0.4, 0.5) is 5.82 Å². The number of carbonyl (C=O) groups excluding carboxylic acids is 1. The molecule has 2 aromatic heterocycles. The van der Waals surface area contributed by atoms with Crippen molar-refractivity contribution < 1.29 is 9.90 Å². The number of pyridine rings is 1. The van der Waals surface area contributed by atoms with Crippen molar-refractivity contribution in [2.24, 2.45) is 0 Å². The van der Waals surface area contributed by atoms with Crippen LogP contribution >= 0.6 is 0 Å². The van der Waals surface area contributed by atoms with E-state index < -0.39 is 0 Å². The highest BCUT2D eigenvalue weighted by Gasteiger charge is 2.10. The normalized spacial score (nSPS) is 11.0. The van der Waals surface area contributed by atoms with Gasteiger partial charge in [0, 0.05) is 10.9 Å². The Bertz CT molecular complexity index is 1040. The first-order valence-corrected chi connectivity index (χ1v) is 7.04. The Hall–Kier alpha value is -3.41. The second-order valence-electron chi connectivity index (χ2n) is 5.13. The fraction of sp³-hybridized carbons (Fsp3) is 0. The predicted molar refractivity (Wildman–Crippen MR) is 87.5 cm³/mol. The van der Waals surface area contributed by atoms with Gasteiger partial charge in [-0.3, -0.25) is 4.79 Å². The Kier molecular flexibility index (Phi) is 2.94. The van der Waals surface area contributed by atoms with Crippen LogP contribution in [0, 0.1) is 0 Å². The summed E-state index contributed by atoms with van der Waals surface area (Å²) in [5, 5.41) is 13.4. The van der Waals surface area contributed by atoms with Crippen LogP contribution in [-0.4, -0.2) is 26.0 Å². The van der Waals surface area contributed by atoms with Gasteiger partial charge in [0.2, 0.25) is 0 Å². The van der Waals surface area contributed by atoms with Gasteiger partial charge in [-0.05, 0) is 36.4 Å². The number of H-pyrrole nitrogens is 1. The average molecular weight is 304 g/mol. The molecule has 2 aromatic carbocycles. The summed E-state index contributed by atoms with van der Waals surface area (Å²) in [6.07, 6.45) is 1.58. The predicted octanol–water partition coefficient (Wildman–Crippen LogP) is 3.07. The number of hydrogen-bond acceptors (Lipinski definition) is 4. The molecule has 23 heavy (non-hydrogen) atoms. The fourth-order valence-electron chi connectivity index (χ4n) is 2.47. The molecular weight excluding hydrogens is 292 g/mol. The highest BCUT2D eigenvalue weighted by molar-refractivity contribution is 6.05. The number of aromatic nitrogens is 3. The smallest absolute Gasteiger partial charge is 0.256 e. The van der Waals surface area contributed by atoms with Gasteiger partial charge in [-0.15, -0.1) is 0 Å². The molecule has 4 aromatic rings. The minimum atomic E-state index is -0.274. The second kappa shape index (κ2) is 5.10. The largest absolute Gasteiger partial charge is 0.506 e. The summed E-state index contributed by atoms with van der Waals surface area (Å²) in [4.78, 5) is 23.7. The highest BCUT2D eigenvalue weighted by Crippen LogP contribution is 2.24. The van der Waals surface area contributed by atoms with E-state index in [0.29, 0.717) is 16.9 Å². The van der Waals surface area contributed by atoms with Crippen LogP contribution in [0.1, 0.15) is 10.4 Å². The van der Waals surface area contributed by atoms with Gasteiger partial charge in [0.05, 0.1) is 17.4 Å². The lowest BCUT2D eigenvalue weighted by Crippen LogP contribution is -2.12. The zero-order chi connectivity index (χ0) is 15.8. The van der Waals surface area contributed by atoms with Gasteiger partial charge in [0.25, 0.3) is 5.91 Å². The Morgan fingerprint density at radius 3 is 2.96 bits per heavy atom. The maximum Gasteiger partial charge on any atom is 0.256 e. The molecule has 0 saturated carbocycles. The molecule has 4 rings (SSSR count). The number of phenolic OH excluding ortho intramolecular Hbond substituents is 1. The topological polar surface area (TPSA) is 90.9 Å². The first kappa shape index (κ1) is 13.3. The van der Waals surface area contributed by atoms with E-state index in [1.54, 1.807) is 48.8 Å². The SMILES string of the molecule is O=C(Nc1ccc2cccc(O)c2n1)c1ccc2nc[nH]c2c1. The monoisotopic (exact) mass is 304 g/mol. The number of fused-ring (bicyclic) bond motifs is 2. The molecule has 0 unspecified atom stereocenters. The zero-order valence-electron chi connectivity index (χ0n) is 11.9. The first-order chi connectivity index (χ1) is 11.2. The van der Waals surface area contributed by atoms with Crippen molar-refractivity contribution in [1.82, 2.24) is 15.0 Å². The third kappa shape index (κ3) is 2.36. The fourth-order valence-corrected chi connectivity index (χ4v) is 2.47. The molecule has 6 nitrogen and oxygen atoms in total. The van der Waals surface area contributed by atoms with E-state index >= 15 is 0 Å². The van der Waals surface area contributed by atoms with Gasteiger partial charge in [0.15, 0.2) is 0 Å². The van der Waals surface area contributed by atoms with Gasteiger partial charge >= 0.3 is 0 Å². The summed E-state index contributed by atoms with van der Waals surface area (Å²) in [6.45, 7) is 0. The molecule has 1 amide bonds. The Morgan fingerprint density at radius 1 is 1.13 bits per heavy atom. The lowest BCUT2D eigenvalue weighted by Gasteiger charge is -2.06. The number of nitrogens with zero attached hydrogens (tertiary/aromatic N) is 2. The molecule has 0 bridgehead atoms. The third-order valence-electron chi connectivity index (χ3n) is 3.62. The summed E-state index contributed by atoms with van der Waals surface area (Å²) in [5.74, 6) is 0.190. The van der Waals surface area contributed by atoms with Crippen molar-refractivity contribution in [2.45, 2.75) is 0 Å². The number of rotatable bonds is 2. The number of aromatic hydroxyl groups is 1. The molecule has 0 spiro atoms. The summed E-state index contributed by atoms with van der Waals surface area (Å²) in [7, 11) is 0. The van der Waals surface area contributed by atoms with Crippen molar-refractivity contribution in [1.29, 1.82) is 0 Å². The van der Waals surface area contributed by atoms with Crippen LogP contribution in [0.5, 0.6) is 5.75 Å². The number of anilines is 1. The van der Waals surface area contributed by atoms with Crippen molar-refractivity contribution >= 4 is 33.7 Å². The Labute approximate surface area is 130 Å². The molecule has 0 atom stereocenters.